The molecule has 0 unspecified atom stereocenters. The molecule has 140 valence electrons. The highest BCUT2D eigenvalue weighted by molar-refractivity contribution is 8.00. The SMILES string of the molecule is C/C=C(/c1nc(-c2cc3ccccc3[nH]c2=O)cs1)S(=O)(=O)c1ccccc1. The second kappa shape index (κ2) is 7.18. The molecule has 2 aromatic carbocycles. The molecule has 0 aliphatic rings. The van der Waals surface area contributed by atoms with Gasteiger partial charge in [-0.25, -0.2) is 13.4 Å². The molecule has 4 rings (SSSR count). The highest BCUT2D eigenvalue weighted by atomic mass is 32.2. The van der Waals surface area contributed by atoms with E-state index in [1.54, 1.807) is 48.7 Å². The molecule has 2 aromatic heterocycles. The van der Waals surface area contributed by atoms with Gasteiger partial charge in [-0.3, -0.25) is 4.79 Å². The fourth-order valence-corrected chi connectivity index (χ4v) is 5.59. The van der Waals surface area contributed by atoms with Crippen LogP contribution in [-0.4, -0.2) is 18.4 Å². The van der Waals surface area contributed by atoms with Gasteiger partial charge in [0.2, 0.25) is 9.84 Å². The first-order valence-electron chi connectivity index (χ1n) is 8.55. The third-order valence-electron chi connectivity index (χ3n) is 4.35. The summed E-state index contributed by atoms with van der Waals surface area (Å²) in [5.41, 5.74) is 1.35. The molecule has 0 bridgehead atoms. The summed E-state index contributed by atoms with van der Waals surface area (Å²) in [5, 5.41) is 2.95. The van der Waals surface area contributed by atoms with E-state index in [1.165, 1.54) is 17.4 Å². The zero-order valence-corrected chi connectivity index (χ0v) is 16.5. The average Bonchev–Trinajstić information content (AvgIpc) is 3.18. The minimum absolute atomic E-state index is 0.132. The Morgan fingerprint density at radius 1 is 1.07 bits per heavy atom. The van der Waals surface area contributed by atoms with Gasteiger partial charge < -0.3 is 4.98 Å². The van der Waals surface area contributed by atoms with Crippen molar-refractivity contribution >= 4 is 37.0 Å². The van der Waals surface area contributed by atoms with Crippen LogP contribution < -0.4 is 5.56 Å². The molecular weight excluding hydrogens is 392 g/mol. The van der Waals surface area contributed by atoms with Crippen molar-refractivity contribution in [2.45, 2.75) is 11.8 Å². The summed E-state index contributed by atoms with van der Waals surface area (Å²) in [5.74, 6) is 0. The van der Waals surface area contributed by atoms with E-state index in [0.29, 0.717) is 16.3 Å². The van der Waals surface area contributed by atoms with Gasteiger partial charge >= 0.3 is 0 Å². The lowest BCUT2D eigenvalue weighted by molar-refractivity contribution is 0.606. The second-order valence-corrected chi connectivity index (χ2v) is 8.88. The summed E-state index contributed by atoms with van der Waals surface area (Å²) in [6.45, 7) is 1.67. The maximum Gasteiger partial charge on any atom is 0.257 e. The Kier molecular flexibility index (Phi) is 4.70. The molecule has 5 nitrogen and oxygen atoms in total. The van der Waals surface area contributed by atoms with Crippen LogP contribution in [0.1, 0.15) is 11.9 Å². The largest absolute Gasteiger partial charge is 0.321 e. The first-order valence-corrected chi connectivity index (χ1v) is 10.9. The predicted octanol–water partition coefficient (Wildman–Crippen LogP) is 4.49. The van der Waals surface area contributed by atoms with Gasteiger partial charge in [-0.2, -0.15) is 0 Å². The second-order valence-electron chi connectivity index (χ2n) is 6.11. The summed E-state index contributed by atoms with van der Waals surface area (Å²) in [7, 11) is -3.69. The van der Waals surface area contributed by atoms with Crippen LogP contribution in [0.15, 0.2) is 81.8 Å². The lowest BCUT2D eigenvalue weighted by Crippen LogP contribution is -2.09. The van der Waals surface area contributed by atoms with Gasteiger partial charge in [-0.05, 0) is 36.6 Å². The third kappa shape index (κ3) is 3.19. The fraction of sp³-hybridized carbons (Fsp3) is 0.0476. The van der Waals surface area contributed by atoms with Crippen LogP contribution in [0, 0.1) is 0 Å². The Balaban J connectivity index is 1.79. The minimum atomic E-state index is -3.69. The van der Waals surface area contributed by atoms with Crippen LogP contribution in [0.25, 0.3) is 27.1 Å². The van der Waals surface area contributed by atoms with E-state index in [1.807, 2.05) is 24.3 Å². The quantitative estimate of drug-likeness (QED) is 0.540. The normalized spacial score (nSPS) is 12.4. The van der Waals surface area contributed by atoms with Crippen molar-refractivity contribution in [1.82, 2.24) is 9.97 Å². The van der Waals surface area contributed by atoms with Crippen molar-refractivity contribution in [3.8, 4) is 11.3 Å². The van der Waals surface area contributed by atoms with E-state index in [2.05, 4.69) is 9.97 Å². The van der Waals surface area contributed by atoms with Crippen molar-refractivity contribution in [2.24, 2.45) is 0 Å². The first kappa shape index (κ1) is 18.3. The molecule has 0 aliphatic carbocycles. The number of aromatic nitrogens is 2. The van der Waals surface area contributed by atoms with Crippen molar-refractivity contribution in [2.75, 3.05) is 0 Å². The molecule has 0 radical (unpaired) electrons. The van der Waals surface area contributed by atoms with Gasteiger partial charge in [-0.15, -0.1) is 11.3 Å². The molecule has 0 amide bonds. The van der Waals surface area contributed by atoms with Crippen LogP contribution in [0.5, 0.6) is 0 Å². The van der Waals surface area contributed by atoms with Crippen molar-refractivity contribution in [3.63, 3.8) is 0 Å². The van der Waals surface area contributed by atoms with Gasteiger partial charge in [0.25, 0.3) is 5.56 Å². The number of nitrogens with zero attached hydrogens (tertiary/aromatic N) is 1. The monoisotopic (exact) mass is 408 g/mol. The first-order chi connectivity index (χ1) is 13.5. The van der Waals surface area contributed by atoms with Crippen molar-refractivity contribution in [1.29, 1.82) is 0 Å². The standard InChI is InChI=1S/C21H16N2O3S2/c1-2-19(28(25,26)15-9-4-3-5-10-15)21-23-18(13-27-21)16-12-14-8-6-7-11-17(14)22-20(16)24/h2-13H,1H3,(H,22,24)/b19-2-. The molecular formula is C21H16N2O3S2. The topological polar surface area (TPSA) is 79.9 Å². The number of aromatic amines is 1. The van der Waals surface area contributed by atoms with Gasteiger partial charge in [0.05, 0.1) is 16.2 Å². The molecule has 0 saturated heterocycles. The summed E-state index contributed by atoms with van der Waals surface area (Å²) in [4.78, 5) is 20.1. The molecule has 0 spiro atoms. The minimum Gasteiger partial charge on any atom is -0.321 e. The van der Waals surface area contributed by atoms with E-state index in [-0.39, 0.29) is 15.4 Å². The van der Waals surface area contributed by atoms with E-state index in [4.69, 9.17) is 0 Å². The third-order valence-corrected chi connectivity index (χ3v) is 7.26. The fourth-order valence-electron chi connectivity index (χ4n) is 2.97. The lowest BCUT2D eigenvalue weighted by atomic mass is 10.1. The van der Waals surface area contributed by atoms with E-state index < -0.39 is 9.84 Å². The summed E-state index contributed by atoms with van der Waals surface area (Å²) in [6, 6.07) is 17.5. The van der Waals surface area contributed by atoms with Crippen LogP contribution in [-0.2, 0) is 9.84 Å². The Hall–Kier alpha value is -3.03. The summed E-state index contributed by atoms with van der Waals surface area (Å²) in [6.07, 6.45) is 1.54. The van der Waals surface area contributed by atoms with E-state index in [0.717, 1.165) is 10.9 Å². The molecule has 7 heteroatoms. The van der Waals surface area contributed by atoms with Crippen LogP contribution in [0.4, 0.5) is 0 Å². The molecule has 1 N–H and O–H groups in total. The predicted molar refractivity (Wildman–Crippen MR) is 113 cm³/mol. The molecule has 0 saturated carbocycles. The summed E-state index contributed by atoms with van der Waals surface area (Å²) < 4.78 is 26.0. The highest BCUT2D eigenvalue weighted by Crippen LogP contribution is 2.32. The van der Waals surface area contributed by atoms with E-state index in [9.17, 15) is 13.2 Å². The number of thiazole rings is 1. The van der Waals surface area contributed by atoms with Gasteiger partial charge in [0, 0.05) is 10.9 Å². The maximum absolute atomic E-state index is 13.0. The number of fused-ring (bicyclic) bond motifs is 1. The molecule has 4 aromatic rings. The number of hydrogen-bond acceptors (Lipinski definition) is 5. The smallest absolute Gasteiger partial charge is 0.257 e. The highest BCUT2D eigenvalue weighted by Gasteiger charge is 2.24. The van der Waals surface area contributed by atoms with Crippen LogP contribution >= 0.6 is 11.3 Å². The molecule has 2 heterocycles. The number of rotatable bonds is 4. The Morgan fingerprint density at radius 3 is 2.54 bits per heavy atom. The summed E-state index contributed by atoms with van der Waals surface area (Å²) >= 11 is 1.20. The number of benzene rings is 2. The number of H-pyrrole nitrogens is 1. The average molecular weight is 409 g/mol. The zero-order valence-electron chi connectivity index (χ0n) is 14.9. The Morgan fingerprint density at radius 2 is 1.79 bits per heavy atom. The van der Waals surface area contributed by atoms with Gasteiger partial charge in [-0.1, -0.05) is 42.5 Å². The Labute approximate surface area is 165 Å². The number of pyridine rings is 1. The molecule has 28 heavy (non-hydrogen) atoms. The number of allylic oxidation sites excluding steroid dienone is 1. The molecule has 0 aliphatic heterocycles. The van der Waals surface area contributed by atoms with Crippen LogP contribution in [0.2, 0.25) is 0 Å². The number of nitrogens with one attached hydrogen (secondary N) is 1. The molecule has 0 atom stereocenters. The number of para-hydroxylation sites is 1. The molecule has 0 fully saturated rings. The number of sulfone groups is 1. The van der Waals surface area contributed by atoms with Crippen molar-refractivity contribution < 1.29 is 8.42 Å². The Bertz CT molecular complexity index is 1350. The lowest BCUT2D eigenvalue weighted by Gasteiger charge is -2.06. The zero-order chi connectivity index (χ0) is 19.7. The van der Waals surface area contributed by atoms with Gasteiger partial charge in [0.1, 0.15) is 9.91 Å². The maximum atomic E-state index is 13.0. The van der Waals surface area contributed by atoms with Crippen molar-refractivity contribution in [3.05, 3.63) is 87.5 Å². The van der Waals surface area contributed by atoms with Gasteiger partial charge in [0.15, 0.2) is 0 Å². The van der Waals surface area contributed by atoms with Crippen LogP contribution in [0.3, 0.4) is 0 Å². The number of hydrogen-bond donors (Lipinski definition) is 1. The van der Waals surface area contributed by atoms with E-state index >= 15 is 0 Å².